The molecule has 21 heavy (non-hydrogen) atoms. The SMILES string of the molecule is CCc1nn(C)c(CC(=O)CC2CS(=O)(=O)CCN2)c1Br. The monoisotopic (exact) mass is 377 g/mol. The number of sulfone groups is 1. The van der Waals surface area contributed by atoms with Gasteiger partial charge in [-0.05, 0) is 22.4 Å². The molecule has 0 spiro atoms. The number of nitrogens with one attached hydrogen (secondary N) is 1. The number of nitrogens with zero attached hydrogens (tertiary/aromatic N) is 2. The van der Waals surface area contributed by atoms with E-state index in [-0.39, 0.29) is 36.2 Å². The molecule has 0 radical (unpaired) electrons. The minimum Gasteiger partial charge on any atom is -0.312 e. The highest BCUT2D eigenvalue weighted by Gasteiger charge is 2.26. The van der Waals surface area contributed by atoms with Gasteiger partial charge in [-0.2, -0.15) is 5.10 Å². The maximum absolute atomic E-state index is 12.2. The van der Waals surface area contributed by atoms with Gasteiger partial charge in [-0.25, -0.2) is 8.42 Å². The van der Waals surface area contributed by atoms with Crippen LogP contribution in [0.15, 0.2) is 4.47 Å². The second-order valence-corrected chi connectivity index (χ2v) is 8.39. The zero-order valence-corrected chi connectivity index (χ0v) is 14.6. The van der Waals surface area contributed by atoms with Crippen LogP contribution in [0.3, 0.4) is 0 Å². The van der Waals surface area contributed by atoms with Gasteiger partial charge in [0.15, 0.2) is 9.84 Å². The first-order chi connectivity index (χ1) is 9.82. The molecule has 6 nitrogen and oxygen atoms in total. The third-order valence-corrected chi connectivity index (χ3v) is 6.29. The van der Waals surface area contributed by atoms with Crippen LogP contribution in [0.2, 0.25) is 0 Å². The van der Waals surface area contributed by atoms with Crippen molar-refractivity contribution in [2.75, 3.05) is 18.1 Å². The molecule has 0 aromatic carbocycles. The van der Waals surface area contributed by atoms with Crippen molar-refractivity contribution in [3.05, 3.63) is 15.9 Å². The summed E-state index contributed by atoms with van der Waals surface area (Å²) in [4.78, 5) is 12.2. The van der Waals surface area contributed by atoms with Gasteiger partial charge in [-0.1, -0.05) is 6.92 Å². The lowest BCUT2D eigenvalue weighted by Gasteiger charge is -2.23. The van der Waals surface area contributed by atoms with Crippen LogP contribution in [0.25, 0.3) is 0 Å². The van der Waals surface area contributed by atoms with E-state index in [2.05, 4.69) is 26.3 Å². The van der Waals surface area contributed by atoms with E-state index in [4.69, 9.17) is 0 Å². The number of Topliss-reactive ketones (excluding diaryl/α,β-unsaturated/α-hetero) is 1. The Bertz CT molecular complexity index is 639. The first-order valence-electron chi connectivity index (χ1n) is 6.98. The molecule has 1 aliphatic heterocycles. The molecule has 2 heterocycles. The maximum Gasteiger partial charge on any atom is 0.153 e. The number of hydrogen-bond donors (Lipinski definition) is 1. The molecule has 1 N–H and O–H groups in total. The number of hydrogen-bond acceptors (Lipinski definition) is 5. The Kier molecular flexibility index (Phi) is 5.21. The summed E-state index contributed by atoms with van der Waals surface area (Å²) in [5.41, 5.74) is 1.77. The van der Waals surface area contributed by atoms with Crippen molar-refractivity contribution in [3.63, 3.8) is 0 Å². The summed E-state index contributed by atoms with van der Waals surface area (Å²) >= 11 is 3.49. The second kappa shape index (κ2) is 6.58. The summed E-state index contributed by atoms with van der Waals surface area (Å²) in [6.45, 7) is 2.44. The van der Waals surface area contributed by atoms with Crippen LogP contribution in [0.1, 0.15) is 24.7 Å². The normalized spacial score (nSPS) is 21.4. The Balaban J connectivity index is 2.01. The third-order valence-electron chi connectivity index (χ3n) is 3.64. The topological polar surface area (TPSA) is 81.1 Å². The molecule has 1 saturated heterocycles. The van der Waals surface area contributed by atoms with Crippen molar-refractivity contribution in [3.8, 4) is 0 Å². The van der Waals surface area contributed by atoms with Crippen LogP contribution < -0.4 is 5.32 Å². The number of rotatable bonds is 5. The zero-order chi connectivity index (χ0) is 15.6. The molecular weight excluding hydrogens is 358 g/mol. The van der Waals surface area contributed by atoms with E-state index in [1.54, 1.807) is 4.68 Å². The Morgan fingerprint density at radius 1 is 1.52 bits per heavy atom. The number of carbonyl (C=O) groups is 1. The minimum atomic E-state index is -3.01. The quantitative estimate of drug-likeness (QED) is 0.813. The van der Waals surface area contributed by atoms with Crippen LogP contribution in [0.4, 0.5) is 0 Å². The average Bonchev–Trinajstić information content (AvgIpc) is 2.65. The van der Waals surface area contributed by atoms with E-state index in [0.717, 1.165) is 22.3 Å². The number of aromatic nitrogens is 2. The molecule has 1 aliphatic rings. The molecule has 0 saturated carbocycles. The molecule has 2 rings (SSSR count). The summed E-state index contributed by atoms with van der Waals surface area (Å²) in [5, 5.41) is 7.46. The molecular formula is C13H20BrN3O3S. The molecule has 1 aromatic rings. The van der Waals surface area contributed by atoms with Crippen LogP contribution in [-0.4, -0.2) is 48.1 Å². The standard InChI is InChI=1S/C13H20BrN3O3S/c1-3-11-13(14)12(17(2)16-11)7-10(18)6-9-8-21(19,20)5-4-15-9/h9,15H,3-8H2,1-2H3. The van der Waals surface area contributed by atoms with Crippen LogP contribution in [-0.2, 0) is 34.5 Å². The number of ketones is 1. The molecule has 0 amide bonds. The summed E-state index contributed by atoms with van der Waals surface area (Å²) in [7, 11) is -1.19. The minimum absolute atomic E-state index is 0.0240. The van der Waals surface area contributed by atoms with Gasteiger partial charge in [0.05, 0.1) is 27.4 Å². The smallest absolute Gasteiger partial charge is 0.153 e. The van der Waals surface area contributed by atoms with E-state index >= 15 is 0 Å². The fourth-order valence-electron chi connectivity index (χ4n) is 2.54. The summed E-state index contributed by atoms with van der Waals surface area (Å²) in [5.74, 6) is 0.229. The number of halogens is 1. The van der Waals surface area contributed by atoms with Gasteiger partial charge in [0.1, 0.15) is 5.78 Å². The molecule has 1 atom stereocenters. The van der Waals surface area contributed by atoms with Gasteiger partial charge in [0.2, 0.25) is 0 Å². The lowest BCUT2D eigenvalue weighted by atomic mass is 10.1. The summed E-state index contributed by atoms with van der Waals surface area (Å²) in [6, 6.07) is -0.270. The zero-order valence-electron chi connectivity index (χ0n) is 12.2. The van der Waals surface area contributed by atoms with Gasteiger partial charge in [0, 0.05) is 32.5 Å². The van der Waals surface area contributed by atoms with Crippen molar-refractivity contribution < 1.29 is 13.2 Å². The van der Waals surface area contributed by atoms with Gasteiger partial charge in [0.25, 0.3) is 0 Å². The molecule has 8 heteroatoms. The first-order valence-corrected chi connectivity index (χ1v) is 9.59. The van der Waals surface area contributed by atoms with E-state index in [1.165, 1.54) is 0 Å². The third kappa shape index (κ3) is 4.14. The largest absolute Gasteiger partial charge is 0.312 e. The maximum atomic E-state index is 12.2. The molecule has 1 unspecified atom stereocenters. The van der Waals surface area contributed by atoms with E-state index in [0.29, 0.717) is 6.54 Å². The summed E-state index contributed by atoms with van der Waals surface area (Å²) < 4.78 is 25.8. The van der Waals surface area contributed by atoms with Crippen LogP contribution >= 0.6 is 15.9 Å². The Morgan fingerprint density at radius 2 is 2.24 bits per heavy atom. The molecule has 1 fully saturated rings. The predicted molar refractivity (Wildman–Crippen MR) is 84.1 cm³/mol. The Hall–Kier alpha value is -0.730. The lowest BCUT2D eigenvalue weighted by molar-refractivity contribution is -0.118. The van der Waals surface area contributed by atoms with Crippen molar-refractivity contribution in [1.29, 1.82) is 0 Å². The van der Waals surface area contributed by atoms with Crippen molar-refractivity contribution >= 4 is 31.6 Å². The Morgan fingerprint density at radius 3 is 2.81 bits per heavy atom. The van der Waals surface area contributed by atoms with Crippen molar-refractivity contribution in [1.82, 2.24) is 15.1 Å². The molecule has 1 aromatic heterocycles. The van der Waals surface area contributed by atoms with Gasteiger partial charge in [-0.15, -0.1) is 0 Å². The predicted octanol–water partition coefficient (Wildman–Crippen LogP) is 0.633. The van der Waals surface area contributed by atoms with Crippen molar-refractivity contribution in [2.24, 2.45) is 7.05 Å². The highest BCUT2D eigenvalue weighted by atomic mass is 79.9. The van der Waals surface area contributed by atoms with E-state index < -0.39 is 9.84 Å². The fourth-order valence-corrected chi connectivity index (χ4v) is 4.74. The highest BCUT2D eigenvalue weighted by molar-refractivity contribution is 9.10. The first kappa shape index (κ1) is 16.6. The molecule has 0 bridgehead atoms. The van der Waals surface area contributed by atoms with E-state index in [1.807, 2.05) is 14.0 Å². The van der Waals surface area contributed by atoms with Gasteiger partial charge >= 0.3 is 0 Å². The van der Waals surface area contributed by atoms with Crippen molar-refractivity contribution in [2.45, 2.75) is 32.2 Å². The van der Waals surface area contributed by atoms with Crippen LogP contribution in [0, 0.1) is 0 Å². The number of carbonyl (C=O) groups excluding carboxylic acids is 1. The molecule has 118 valence electrons. The van der Waals surface area contributed by atoms with Gasteiger partial charge < -0.3 is 5.32 Å². The number of aryl methyl sites for hydroxylation is 2. The van der Waals surface area contributed by atoms with Gasteiger partial charge in [-0.3, -0.25) is 9.48 Å². The summed E-state index contributed by atoms with van der Waals surface area (Å²) in [6.07, 6.45) is 1.30. The lowest BCUT2D eigenvalue weighted by Crippen LogP contribution is -2.46. The van der Waals surface area contributed by atoms with Crippen LogP contribution in [0.5, 0.6) is 0 Å². The highest BCUT2D eigenvalue weighted by Crippen LogP contribution is 2.22. The van der Waals surface area contributed by atoms with E-state index in [9.17, 15) is 13.2 Å². The average molecular weight is 378 g/mol. The molecule has 0 aliphatic carbocycles. The fraction of sp³-hybridized carbons (Fsp3) is 0.692. The second-order valence-electron chi connectivity index (χ2n) is 5.37. The Labute approximate surface area is 133 Å².